The highest BCUT2D eigenvalue weighted by Crippen LogP contribution is 2.25. The first-order chi connectivity index (χ1) is 10.6. The summed E-state index contributed by atoms with van der Waals surface area (Å²) in [5, 5.41) is 21.9. The SMILES string of the molecule is COc1ccccc1CCCNC(=O)c1c(O)cccc1O. The lowest BCUT2D eigenvalue weighted by Gasteiger charge is -2.10. The second-order valence-corrected chi connectivity index (χ2v) is 4.84. The number of hydrogen-bond acceptors (Lipinski definition) is 4. The lowest BCUT2D eigenvalue weighted by Crippen LogP contribution is -2.25. The van der Waals surface area contributed by atoms with Crippen LogP contribution in [0.1, 0.15) is 22.3 Å². The maximum absolute atomic E-state index is 12.0. The summed E-state index contributed by atoms with van der Waals surface area (Å²) in [5.74, 6) is -0.132. The largest absolute Gasteiger partial charge is 0.507 e. The molecule has 116 valence electrons. The van der Waals surface area contributed by atoms with Crippen molar-refractivity contribution >= 4 is 5.91 Å². The molecule has 5 nitrogen and oxygen atoms in total. The molecule has 0 atom stereocenters. The lowest BCUT2D eigenvalue weighted by molar-refractivity contribution is 0.0948. The Bertz CT molecular complexity index is 635. The number of aryl methyl sites for hydroxylation is 1. The van der Waals surface area contributed by atoms with E-state index in [2.05, 4.69) is 5.32 Å². The molecule has 0 saturated carbocycles. The third-order valence-corrected chi connectivity index (χ3v) is 3.35. The minimum atomic E-state index is -0.490. The quantitative estimate of drug-likeness (QED) is 0.716. The normalized spacial score (nSPS) is 10.2. The van der Waals surface area contributed by atoms with E-state index in [1.807, 2.05) is 24.3 Å². The fourth-order valence-corrected chi connectivity index (χ4v) is 2.24. The molecule has 0 fully saturated rings. The molecule has 2 aromatic carbocycles. The number of para-hydroxylation sites is 1. The number of benzene rings is 2. The number of phenolic OH excluding ortho intramolecular Hbond substituents is 2. The van der Waals surface area contributed by atoms with Crippen molar-refractivity contribution in [2.75, 3.05) is 13.7 Å². The van der Waals surface area contributed by atoms with Crippen LogP contribution in [0.15, 0.2) is 42.5 Å². The molecule has 0 aromatic heterocycles. The van der Waals surface area contributed by atoms with Crippen molar-refractivity contribution < 1.29 is 19.7 Å². The van der Waals surface area contributed by atoms with Crippen LogP contribution >= 0.6 is 0 Å². The van der Waals surface area contributed by atoms with E-state index in [-0.39, 0.29) is 17.1 Å². The van der Waals surface area contributed by atoms with E-state index < -0.39 is 5.91 Å². The molecule has 1 amide bonds. The molecule has 0 unspecified atom stereocenters. The van der Waals surface area contributed by atoms with Gasteiger partial charge in [-0.25, -0.2) is 0 Å². The summed E-state index contributed by atoms with van der Waals surface area (Å²) in [7, 11) is 1.63. The number of aromatic hydroxyl groups is 2. The van der Waals surface area contributed by atoms with Crippen molar-refractivity contribution in [1.29, 1.82) is 0 Å². The number of carbonyl (C=O) groups excluding carboxylic acids is 1. The number of hydrogen-bond donors (Lipinski definition) is 3. The van der Waals surface area contributed by atoms with Gasteiger partial charge in [-0.05, 0) is 36.6 Å². The molecular formula is C17H19NO4. The summed E-state index contributed by atoms with van der Waals surface area (Å²) in [6.45, 7) is 0.435. The van der Waals surface area contributed by atoms with E-state index in [9.17, 15) is 15.0 Å². The van der Waals surface area contributed by atoms with Crippen molar-refractivity contribution in [3.05, 3.63) is 53.6 Å². The predicted molar refractivity (Wildman–Crippen MR) is 83.4 cm³/mol. The maximum atomic E-state index is 12.0. The molecule has 2 rings (SSSR count). The third kappa shape index (κ3) is 3.69. The van der Waals surface area contributed by atoms with E-state index in [0.717, 1.165) is 24.2 Å². The van der Waals surface area contributed by atoms with E-state index in [1.54, 1.807) is 7.11 Å². The summed E-state index contributed by atoms with van der Waals surface area (Å²) in [5.41, 5.74) is 0.976. The highest BCUT2D eigenvalue weighted by atomic mass is 16.5. The average molecular weight is 301 g/mol. The van der Waals surface area contributed by atoms with Crippen molar-refractivity contribution in [3.63, 3.8) is 0 Å². The van der Waals surface area contributed by atoms with Crippen LogP contribution in [-0.2, 0) is 6.42 Å². The van der Waals surface area contributed by atoms with E-state index >= 15 is 0 Å². The van der Waals surface area contributed by atoms with Crippen molar-refractivity contribution in [1.82, 2.24) is 5.32 Å². The Morgan fingerprint density at radius 1 is 1.09 bits per heavy atom. The molecule has 0 aliphatic heterocycles. The van der Waals surface area contributed by atoms with Gasteiger partial charge in [0.25, 0.3) is 5.91 Å². The second-order valence-electron chi connectivity index (χ2n) is 4.84. The molecule has 0 aliphatic rings. The number of rotatable bonds is 6. The second kappa shape index (κ2) is 7.36. The molecule has 2 aromatic rings. The van der Waals surface area contributed by atoms with E-state index in [4.69, 9.17) is 4.74 Å². The molecule has 0 heterocycles. The Balaban J connectivity index is 1.88. The topological polar surface area (TPSA) is 78.8 Å². The number of amides is 1. The Kier molecular flexibility index (Phi) is 5.25. The molecule has 3 N–H and O–H groups in total. The van der Waals surface area contributed by atoms with Gasteiger partial charge in [-0.1, -0.05) is 24.3 Å². The van der Waals surface area contributed by atoms with Crippen molar-refractivity contribution in [2.45, 2.75) is 12.8 Å². The van der Waals surface area contributed by atoms with Crippen LogP contribution in [0.2, 0.25) is 0 Å². The zero-order valence-electron chi connectivity index (χ0n) is 12.4. The standard InChI is InChI=1S/C17H19NO4/c1-22-15-10-3-2-6-12(15)7-5-11-18-17(21)16-13(19)8-4-9-14(16)20/h2-4,6,8-10,19-20H,5,7,11H2,1H3,(H,18,21). The van der Waals surface area contributed by atoms with Crippen LogP contribution < -0.4 is 10.1 Å². The molecular weight excluding hydrogens is 282 g/mol. The molecule has 0 radical (unpaired) electrons. The van der Waals surface area contributed by atoms with Crippen LogP contribution in [0.25, 0.3) is 0 Å². The summed E-state index contributed by atoms with van der Waals surface area (Å²) >= 11 is 0. The number of carbonyl (C=O) groups is 1. The zero-order chi connectivity index (χ0) is 15.9. The third-order valence-electron chi connectivity index (χ3n) is 3.35. The first kappa shape index (κ1) is 15.7. The molecule has 22 heavy (non-hydrogen) atoms. The highest BCUT2D eigenvalue weighted by molar-refractivity contribution is 5.99. The molecule has 0 bridgehead atoms. The minimum absolute atomic E-state index is 0.0974. The molecule has 0 spiro atoms. The smallest absolute Gasteiger partial charge is 0.258 e. The predicted octanol–water partition coefficient (Wildman–Crippen LogP) is 2.47. The Morgan fingerprint density at radius 2 is 1.77 bits per heavy atom. The van der Waals surface area contributed by atoms with Gasteiger partial charge in [-0.15, -0.1) is 0 Å². The zero-order valence-corrected chi connectivity index (χ0v) is 12.4. The van der Waals surface area contributed by atoms with Gasteiger partial charge in [0.2, 0.25) is 0 Å². The van der Waals surface area contributed by atoms with Crippen LogP contribution in [0.3, 0.4) is 0 Å². The van der Waals surface area contributed by atoms with Gasteiger partial charge in [0.05, 0.1) is 7.11 Å². The van der Waals surface area contributed by atoms with Gasteiger partial charge in [0.1, 0.15) is 22.8 Å². The molecule has 0 saturated heterocycles. The van der Waals surface area contributed by atoms with Crippen LogP contribution in [-0.4, -0.2) is 29.8 Å². The minimum Gasteiger partial charge on any atom is -0.507 e. The van der Waals surface area contributed by atoms with Crippen LogP contribution in [0.5, 0.6) is 17.2 Å². The van der Waals surface area contributed by atoms with Gasteiger partial charge < -0.3 is 20.3 Å². The first-order valence-electron chi connectivity index (χ1n) is 7.04. The lowest BCUT2D eigenvalue weighted by atomic mass is 10.1. The van der Waals surface area contributed by atoms with Crippen LogP contribution in [0, 0.1) is 0 Å². The number of phenols is 2. The summed E-state index contributed by atoms with van der Waals surface area (Å²) < 4.78 is 5.27. The van der Waals surface area contributed by atoms with E-state index in [1.165, 1.54) is 18.2 Å². The van der Waals surface area contributed by atoms with Crippen LogP contribution in [0.4, 0.5) is 0 Å². The number of nitrogens with one attached hydrogen (secondary N) is 1. The van der Waals surface area contributed by atoms with Gasteiger partial charge in [0.15, 0.2) is 0 Å². The summed E-state index contributed by atoms with van der Waals surface area (Å²) in [4.78, 5) is 12.0. The average Bonchev–Trinajstić information content (AvgIpc) is 2.51. The Morgan fingerprint density at radius 3 is 2.45 bits per heavy atom. The number of methoxy groups -OCH3 is 1. The fraction of sp³-hybridized carbons (Fsp3) is 0.235. The monoisotopic (exact) mass is 301 g/mol. The highest BCUT2D eigenvalue weighted by Gasteiger charge is 2.15. The van der Waals surface area contributed by atoms with E-state index in [0.29, 0.717) is 6.54 Å². The Hall–Kier alpha value is -2.69. The fourth-order valence-electron chi connectivity index (χ4n) is 2.24. The van der Waals surface area contributed by atoms with Gasteiger partial charge in [-0.3, -0.25) is 4.79 Å². The van der Waals surface area contributed by atoms with Crippen molar-refractivity contribution in [3.8, 4) is 17.2 Å². The Labute approximate surface area is 129 Å². The van der Waals surface area contributed by atoms with Crippen molar-refractivity contribution in [2.24, 2.45) is 0 Å². The maximum Gasteiger partial charge on any atom is 0.258 e. The number of ether oxygens (including phenoxy) is 1. The summed E-state index contributed by atoms with van der Waals surface area (Å²) in [6.07, 6.45) is 1.48. The molecule has 0 aliphatic carbocycles. The molecule has 5 heteroatoms. The van der Waals surface area contributed by atoms with Gasteiger partial charge in [-0.2, -0.15) is 0 Å². The van der Waals surface area contributed by atoms with Gasteiger partial charge in [0, 0.05) is 6.54 Å². The first-order valence-corrected chi connectivity index (χ1v) is 7.04. The summed E-state index contributed by atoms with van der Waals surface area (Å²) in [6, 6.07) is 11.9. The van der Waals surface area contributed by atoms with Gasteiger partial charge >= 0.3 is 0 Å².